The Morgan fingerprint density at radius 1 is 1.12 bits per heavy atom. The molecule has 1 aromatic heterocycles. The Hall–Kier alpha value is -2.13. The maximum absolute atomic E-state index is 10.9. The number of fused-ring (bicyclic) bond motifs is 3. The maximum Gasteiger partial charge on any atom is 0.216 e. The lowest BCUT2D eigenvalue weighted by Crippen LogP contribution is -2.44. The molecule has 3 aromatic rings. The number of rotatable bonds is 9. The van der Waals surface area contributed by atoms with Gasteiger partial charge in [0.2, 0.25) is 6.41 Å². The summed E-state index contributed by atoms with van der Waals surface area (Å²) in [6, 6.07) is 13.2. The molecule has 1 saturated carbocycles. The summed E-state index contributed by atoms with van der Waals surface area (Å²) in [5.41, 5.74) is 4.23. The Kier molecular flexibility index (Phi) is 6.60. The van der Waals surface area contributed by atoms with Gasteiger partial charge in [-0.15, -0.1) is 0 Å². The van der Waals surface area contributed by atoms with E-state index in [-0.39, 0.29) is 19.3 Å². The molecule has 0 spiro atoms. The zero-order valence-corrected chi connectivity index (χ0v) is 19.0. The molecule has 2 aliphatic rings. The summed E-state index contributed by atoms with van der Waals surface area (Å²) in [6.07, 6.45) is 1.17. The SMILES string of the molecule is OC[C@H](O)COc1ccc([C@H]2c3[nH]c4ccc(Cl)cc4c3CCN2C(O)OCC2CC2)cc1. The molecular formula is C25H29ClN2O5. The zero-order valence-electron chi connectivity index (χ0n) is 18.3. The molecule has 8 heteroatoms. The van der Waals surface area contributed by atoms with Gasteiger partial charge in [0.05, 0.1) is 19.3 Å². The van der Waals surface area contributed by atoms with Crippen molar-refractivity contribution in [2.45, 2.75) is 37.8 Å². The fourth-order valence-corrected chi connectivity index (χ4v) is 4.64. The molecule has 33 heavy (non-hydrogen) atoms. The van der Waals surface area contributed by atoms with E-state index in [1.165, 1.54) is 5.56 Å². The van der Waals surface area contributed by atoms with Crippen LogP contribution < -0.4 is 4.74 Å². The van der Waals surface area contributed by atoms with Crippen molar-refractivity contribution in [2.75, 3.05) is 26.4 Å². The van der Waals surface area contributed by atoms with Gasteiger partial charge in [-0.1, -0.05) is 23.7 Å². The highest BCUT2D eigenvalue weighted by Crippen LogP contribution is 2.40. The van der Waals surface area contributed by atoms with Crippen LogP contribution in [0, 0.1) is 5.92 Å². The Morgan fingerprint density at radius 3 is 2.64 bits per heavy atom. The van der Waals surface area contributed by atoms with Crippen LogP contribution in [0.25, 0.3) is 10.9 Å². The van der Waals surface area contributed by atoms with E-state index in [0.717, 1.165) is 41.4 Å². The van der Waals surface area contributed by atoms with Crippen LogP contribution >= 0.6 is 11.6 Å². The van der Waals surface area contributed by atoms with Crippen molar-refractivity contribution < 1.29 is 24.8 Å². The Bertz CT molecular complexity index is 1100. The Morgan fingerprint density at radius 2 is 1.91 bits per heavy atom. The highest BCUT2D eigenvalue weighted by atomic mass is 35.5. The van der Waals surface area contributed by atoms with Crippen LogP contribution in [-0.2, 0) is 11.2 Å². The quantitative estimate of drug-likeness (QED) is 0.357. The first-order valence-electron chi connectivity index (χ1n) is 11.4. The molecule has 2 heterocycles. The fraction of sp³-hybridized carbons (Fsp3) is 0.440. The van der Waals surface area contributed by atoms with Crippen LogP contribution in [0.15, 0.2) is 42.5 Å². The lowest BCUT2D eigenvalue weighted by molar-refractivity contribution is -0.206. The summed E-state index contributed by atoms with van der Waals surface area (Å²) in [6.45, 7) is 0.885. The number of aromatic amines is 1. The molecule has 1 fully saturated rings. The molecule has 5 rings (SSSR count). The fourth-order valence-electron chi connectivity index (χ4n) is 4.47. The van der Waals surface area contributed by atoms with Crippen molar-refractivity contribution in [1.29, 1.82) is 0 Å². The monoisotopic (exact) mass is 472 g/mol. The van der Waals surface area contributed by atoms with E-state index in [1.807, 2.05) is 47.4 Å². The van der Waals surface area contributed by atoms with Crippen LogP contribution in [-0.4, -0.2) is 64.1 Å². The molecule has 1 unspecified atom stereocenters. The van der Waals surface area contributed by atoms with Crippen molar-refractivity contribution >= 4 is 22.5 Å². The minimum absolute atomic E-state index is 0.0199. The number of hydrogen-bond donors (Lipinski definition) is 4. The molecule has 0 radical (unpaired) electrons. The van der Waals surface area contributed by atoms with E-state index < -0.39 is 12.5 Å². The van der Waals surface area contributed by atoms with E-state index in [1.54, 1.807) is 0 Å². The van der Waals surface area contributed by atoms with Crippen LogP contribution in [0.4, 0.5) is 0 Å². The molecule has 176 valence electrons. The van der Waals surface area contributed by atoms with Gasteiger partial charge >= 0.3 is 0 Å². The normalized spacial score (nSPS) is 20.5. The standard InChI is InChI=1S/C25H29ClN2O5/c26-17-5-8-22-21(11-17)20-9-10-28(25(31)33-13-15-1-2-15)24(23(20)27-22)16-3-6-19(7-4-16)32-14-18(30)12-29/h3-8,11,15,18,24-25,27,29-31H,1-2,9-10,12-14H2/t18-,24-,25?/m0/s1. The van der Waals surface area contributed by atoms with Crippen LogP contribution in [0.2, 0.25) is 5.02 Å². The predicted molar refractivity (Wildman–Crippen MR) is 125 cm³/mol. The van der Waals surface area contributed by atoms with Crippen molar-refractivity contribution in [2.24, 2.45) is 5.92 Å². The molecule has 0 saturated heterocycles. The number of hydrogen-bond acceptors (Lipinski definition) is 6. The van der Waals surface area contributed by atoms with Gasteiger partial charge in [-0.25, -0.2) is 4.90 Å². The summed E-state index contributed by atoms with van der Waals surface area (Å²) in [5.74, 6) is 1.15. The lowest BCUT2D eigenvalue weighted by atomic mass is 9.92. The highest BCUT2D eigenvalue weighted by molar-refractivity contribution is 6.31. The van der Waals surface area contributed by atoms with E-state index in [0.29, 0.717) is 29.8 Å². The molecule has 7 nitrogen and oxygen atoms in total. The largest absolute Gasteiger partial charge is 0.491 e. The van der Waals surface area contributed by atoms with Crippen molar-refractivity contribution in [3.63, 3.8) is 0 Å². The van der Waals surface area contributed by atoms with Crippen LogP contribution in [0.1, 0.15) is 35.7 Å². The van der Waals surface area contributed by atoms with Crippen LogP contribution in [0.5, 0.6) is 5.75 Å². The van der Waals surface area contributed by atoms with Gasteiger partial charge in [-0.2, -0.15) is 0 Å². The maximum atomic E-state index is 10.9. The summed E-state index contributed by atoms with van der Waals surface area (Å²) < 4.78 is 11.4. The molecule has 0 amide bonds. The second-order valence-corrected chi connectivity index (χ2v) is 9.35. The molecule has 2 aromatic carbocycles. The number of benzene rings is 2. The third-order valence-electron chi connectivity index (χ3n) is 6.44. The molecule has 1 aliphatic heterocycles. The third-order valence-corrected chi connectivity index (χ3v) is 6.67. The average Bonchev–Trinajstić information content (AvgIpc) is 3.60. The molecule has 0 bridgehead atoms. The van der Waals surface area contributed by atoms with E-state index >= 15 is 0 Å². The van der Waals surface area contributed by atoms with Crippen LogP contribution in [0.3, 0.4) is 0 Å². The van der Waals surface area contributed by atoms with Gasteiger partial charge in [0.15, 0.2) is 0 Å². The summed E-state index contributed by atoms with van der Waals surface area (Å²) in [4.78, 5) is 5.54. The minimum atomic E-state index is -1.01. The third kappa shape index (κ3) is 4.89. The topological polar surface area (TPSA) is 98.2 Å². The Labute approximate surface area is 197 Å². The number of aliphatic hydroxyl groups is 3. The number of nitrogens with one attached hydrogen (secondary N) is 1. The van der Waals surface area contributed by atoms with E-state index in [9.17, 15) is 10.2 Å². The molecular weight excluding hydrogens is 444 g/mol. The first kappa shape index (κ1) is 22.7. The zero-order chi connectivity index (χ0) is 22.9. The number of aliphatic hydroxyl groups excluding tert-OH is 3. The van der Waals surface area contributed by atoms with Gasteiger partial charge < -0.3 is 29.8 Å². The van der Waals surface area contributed by atoms with E-state index in [4.69, 9.17) is 26.2 Å². The van der Waals surface area contributed by atoms with Crippen molar-refractivity contribution in [3.8, 4) is 5.75 Å². The predicted octanol–water partition coefficient (Wildman–Crippen LogP) is 3.20. The second-order valence-electron chi connectivity index (χ2n) is 8.92. The minimum Gasteiger partial charge on any atom is -0.491 e. The molecule has 1 aliphatic carbocycles. The van der Waals surface area contributed by atoms with E-state index in [2.05, 4.69) is 4.98 Å². The van der Waals surface area contributed by atoms with Gasteiger partial charge in [-0.05, 0) is 66.6 Å². The Balaban J connectivity index is 1.46. The van der Waals surface area contributed by atoms with Gasteiger partial charge in [0.25, 0.3) is 0 Å². The summed E-state index contributed by atoms with van der Waals surface area (Å²) >= 11 is 6.28. The van der Waals surface area contributed by atoms with Crippen molar-refractivity contribution in [1.82, 2.24) is 9.88 Å². The first-order chi connectivity index (χ1) is 16.0. The average molecular weight is 473 g/mol. The lowest BCUT2D eigenvalue weighted by Gasteiger charge is -2.38. The highest BCUT2D eigenvalue weighted by Gasteiger charge is 2.36. The summed E-state index contributed by atoms with van der Waals surface area (Å²) in [5, 5.41) is 31.3. The van der Waals surface area contributed by atoms with Crippen molar-refractivity contribution in [3.05, 3.63) is 64.3 Å². The number of halogens is 1. The number of ether oxygens (including phenoxy) is 2. The molecule has 4 N–H and O–H groups in total. The smallest absolute Gasteiger partial charge is 0.216 e. The number of H-pyrrole nitrogens is 1. The van der Waals surface area contributed by atoms with Gasteiger partial charge in [-0.3, -0.25) is 0 Å². The van der Waals surface area contributed by atoms with Gasteiger partial charge in [0.1, 0.15) is 18.5 Å². The first-order valence-corrected chi connectivity index (χ1v) is 11.8. The van der Waals surface area contributed by atoms with Gasteiger partial charge in [0, 0.05) is 28.2 Å². The summed E-state index contributed by atoms with van der Waals surface area (Å²) in [7, 11) is 0. The number of aromatic nitrogens is 1. The molecule has 3 atom stereocenters. The number of nitrogens with zero attached hydrogens (tertiary/aromatic N) is 1. The second kappa shape index (κ2) is 9.62.